The number of hydrogen-bond acceptors (Lipinski definition) is 3. The summed E-state index contributed by atoms with van der Waals surface area (Å²) in [6, 6.07) is 9.96. The number of rotatable bonds is 7. The molecule has 0 aliphatic carbocycles. The van der Waals surface area contributed by atoms with E-state index in [1.165, 1.54) is 30.3 Å². The lowest BCUT2D eigenvalue weighted by atomic mass is 9.99. The Labute approximate surface area is 154 Å². The van der Waals surface area contributed by atoms with E-state index in [2.05, 4.69) is 5.32 Å². The smallest absolute Gasteiger partial charge is 0.349 e. The Bertz CT molecular complexity index is 805. The van der Waals surface area contributed by atoms with Gasteiger partial charge < -0.3 is 5.32 Å². The molecule has 0 fully saturated rings. The van der Waals surface area contributed by atoms with Crippen molar-refractivity contribution < 1.29 is 22.9 Å². The summed E-state index contributed by atoms with van der Waals surface area (Å²) in [6.45, 7) is 1.88. The predicted octanol–water partition coefficient (Wildman–Crippen LogP) is 4.81. The first-order valence-electron chi connectivity index (χ1n) is 8.40. The number of hydrogen-bond donors (Lipinski definition) is 1. The van der Waals surface area contributed by atoms with Crippen molar-refractivity contribution in [1.29, 1.82) is 0 Å². The fraction of sp³-hybridized carbons (Fsp3) is 0.316. The van der Waals surface area contributed by atoms with Crippen LogP contribution in [0, 0.1) is 10.1 Å². The summed E-state index contributed by atoms with van der Waals surface area (Å²) >= 11 is 0. The van der Waals surface area contributed by atoms with Gasteiger partial charge in [-0.3, -0.25) is 14.9 Å². The number of non-ortho nitro benzene ring substituents is 1. The van der Waals surface area contributed by atoms with Gasteiger partial charge in [-0.15, -0.1) is 0 Å². The normalized spacial score (nSPS) is 12.4. The molecule has 0 spiro atoms. The lowest BCUT2D eigenvalue weighted by molar-refractivity contribution is -0.384. The molecular weight excluding hydrogens is 361 g/mol. The number of halogens is 3. The van der Waals surface area contributed by atoms with Crippen LogP contribution in [-0.2, 0) is 17.4 Å². The molecule has 0 saturated carbocycles. The second kappa shape index (κ2) is 8.66. The van der Waals surface area contributed by atoms with E-state index >= 15 is 0 Å². The highest BCUT2D eigenvalue weighted by Crippen LogP contribution is 2.31. The minimum absolute atomic E-state index is 0.0167. The monoisotopic (exact) mass is 380 g/mol. The highest BCUT2D eigenvalue weighted by atomic mass is 19.4. The van der Waals surface area contributed by atoms with Crippen LogP contribution in [0.25, 0.3) is 0 Å². The fourth-order valence-corrected chi connectivity index (χ4v) is 2.71. The van der Waals surface area contributed by atoms with Crippen LogP contribution in [0.2, 0.25) is 0 Å². The van der Waals surface area contributed by atoms with E-state index < -0.39 is 22.7 Å². The molecule has 2 rings (SSSR count). The minimum atomic E-state index is -4.45. The number of benzene rings is 2. The van der Waals surface area contributed by atoms with Crippen molar-refractivity contribution in [2.45, 2.75) is 38.4 Å². The van der Waals surface area contributed by atoms with Crippen LogP contribution in [-0.4, -0.2) is 10.8 Å². The fourth-order valence-electron chi connectivity index (χ4n) is 2.71. The number of nitrogens with one attached hydrogen (secondary N) is 1. The van der Waals surface area contributed by atoms with Crippen molar-refractivity contribution in [1.82, 2.24) is 5.32 Å². The molecule has 0 saturated heterocycles. The molecule has 0 aliphatic heterocycles. The van der Waals surface area contributed by atoms with E-state index in [1.54, 1.807) is 6.07 Å². The van der Waals surface area contributed by atoms with Crippen LogP contribution in [0.4, 0.5) is 18.9 Å². The molecule has 0 aromatic heterocycles. The molecule has 27 heavy (non-hydrogen) atoms. The summed E-state index contributed by atoms with van der Waals surface area (Å²) in [4.78, 5) is 22.4. The summed E-state index contributed by atoms with van der Waals surface area (Å²) in [5, 5.41) is 13.4. The summed E-state index contributed by atoms with van der Waals surface area (Å²) in [5.74, 6) is -0.361. The number of carbonyl (C=O) groups is 1. The van der Waals surface area contributed by atoms with Crippen molar-refractivity contribution >= 4 is 11.6 Å². The van der Waals surface area contributed by atoms with Crippen LogP contribution in [0.5, 0.6) is 0 Å². The maximum Gasteiger partial charge on any atom is 0.416 e. The van der Waals surface area contributed by atoms with Crippen molar-refractivity contribution in [3.63, 3.8) is 0 Å². The molecule has 0 aliphatic rings. The molecule has 1 unspecified atom stereocenters. The molecule has 0 bridgehead atoms. The number of carbonyl (C=O) groups excluding carboxylic acids is 1. The van der Waals surface area contributed by atoms with Crippen molar-refractivity contribution in [3.05, 3.63) is 75.3 Å². The van der Waals surface area contributed by atoms with Crippen molar-refractivity contribution in [2.75, 3.05) is 0 Å². The first-order chi connectivity index (χ1) is 12.7. The number of amides is 1. The molecule has 1 N–H and O–H groups in total. The zero-order chi connectivity index (χ0) is 20.0. The van der Waals surface area contributed by atoms with Gasteiger partial charge in [0.05, 0.1) is 22.9 Å². The molecule has 5 nitrogen and oxygen atoms in total. The van der Waals surface area contributed by atoms with E-state index in [4.69, 9.17) is 0 Å². The van der Waals surface area contributed by atoms with Gasteiger partial charge in [0.2, 0.25) is 5.91 Å². The van der Waals surface area contributed by atoms with E-state index in [0.717, 1.165) is 12.1 Å². The zero-order valence-corrected chi connectivity index (χ0v) is 14.6. The van der Waals surface area contributed by atoms with Gasteiger partial charge in [0.25, 0.3) is 5.69 Å². The molecule has 1 atom stereocenters. The van der Waals surface area contributed by atoms with E-state index in [-0.39, 0.29) is 18.0 Å². The van der Waals surface area contributed by atoms with Crippen LogP contribution in [0.3, 0.4) is 0 Å². The Morgan fingerprint density at radius 3 is 2.41 bits per heavy atom. The third-order valence-corrected chi connectivity index (χ3v) is 4.04. The Morgan fingerprint density at radius 1 is 1.19 bits per heavy atom. The van der Waals surface area contributed by atoms with Crippen LogP contribution in [0.1, 0.15) is 42.5 Å². The van der Waals surface area contributed by atoms with Gasteiger partial charge in [-0.2, -0.15) is 13.2 Å². The largest absolute Gasteiger partial charge is 0.416 e. The van der Waals surface area contributed by atoms with Crippen LogP contribution in [0.15, 0.2) is 48.5 Å². The van der Waals surface area contributed by atoms with Crippen LogP contribution >= 0.6 is 0 Å². The van der Waals surface area contributed by atoms with Gasteiger partial charge >= 0.3 is 6.18 Å². The Balaban J connectivity index is 2.11. The SMILES string of the molecule is CCCC(NC(=O)Cc1ccc([N+](=O)[O-])cc1)c1cccc(C(F)(F)F)c1. The lowest BCUT2D eigenvalue weighted by Gasteiger charge is -2.20. The third-order valence-electron chi connectivity index (χ3n) is 4.04. The average molecular weight is 380 g/mol. The van der Waals surface area contributed by atoms with Crippen LogP contribution < -0.4 is 5.32 Å². The molecule has 0 heterocycles. The number of nitro groups is 1. The Morgan fingerprint density at radius 2 is 1.85 bits per heavy atom. The second-order valence-electron chi connectivity index (χ2n) is 6.13. The van der Waals surface area contributed by atoms with Crippen molar-refractivity contribution in [2.24, 2.45) is 0 Å². The quantitative estimate of drug-likeness (QED) is 0.553. The zero-order valence-electron chi connectivity index (χ0n) is 14.6. The topological polar surface area (TPSA) is 72.2 Å². The van der Waals surface area contributed by atoms with Gasteiger partial charge in [0.1, 0.15) is 0 Å². The van der Waals surface area contributed by atoms with E-state index in [9.17, 15) is 28.1 Å². The van der Waals surface area contributed by atoms with Gasteiger partial charge in [0.15, 0.2) is 0 Å². The molecular formula is C19H19F3N2O3. The maximum absolute atomic E-state index is 12.9. The number of nitrogens with zero attached hydrogens (tertiary/aromatic N) is 1. The summed E-state index contributed by atoms with van der Waals surface area (Å²) in [6.07, 6.45) is -3.29. The maximum atomic E-state index is 12.9. The van der Waals surface area contributed by atoms with Gasteiger partial charge in [-0.1, -0.05) is 37.6 Å². The van der Waals surface area contributed by atoms with E-state index in [0.29, 0.717) is 24.0 Å². The third kappa shape index (κ3) is 5.80. The van der Waals surface area contributed by atoms with Gasteiger partial charge in [-0.05, 0) is 29.7 Å². The van der Waals surface area contributed by atoms with Gasteiger partial charge in [0, 0.05) is 12.1 Å². The standard InChI is InChI=1S/C19H19F3N2O3/c1-2-4-17(14-5-3-6-15(12-14)19(20,21)22)23-18(25)11-13-7-9-16(10-8-13)24(26)27/h3,5-10,12,17H,2,4,11H2,1H3,(H,23,25). The first-order valence-corrected chi connectivity index (χ1v) is 8.40. The first kappa shape index (κ1) is 20.4. The summed E-state index contributed by atoms with van der Waals surface area (Å²) < 4.78 is 38.8. The number of alkyl halides is 3. The molecule has 2 aromatic rings. The van der Waals surface area contributed by atoms with E-state index in [1.807, 2.05) is 6.92 Å². The highest BCUT2D eigenvalue weighted by molar-refractivity contribution is 5.79. The molecule has 8 heteroatoms. The molecule has 0 radical (unpaired) electrons. The molecule has 144 valence electrons. The van der Waals surface area contributed by atoms with Gasteiger partial charge in [-0.25, -0.2) is 0 Å². The summed E-state index contributed by atoms with van der Waals surface area (Å²) in [5.41, 5.74) is 0.138. The highest BCUT2D eigenvalue weighted by Gasteiger charge is 2.31. The average Bonchev–Trinajstić information content (AvgIpc) is 2.61. The van der Waals surface area contributed by atoms with Crippen molar-refractivity contribution in [3.8, 4) is 0 Å². The molecule has 1 amide bonds. The number of nitro benzene ring substituents is 1. The lowest BCUT2D eigenvalue weighted by Crippen LogP contribution is -2.30. The Kier molecular flexibility index (Phi) is 6.55. The second-order valence-corrected chi connectivity index (χ2v) is 6.13. The molecule has 2 aromatic carbocycles. The minimum Gasteiger partial charge on any atom is -0.349 e. The summed E-state index contributed by atoms with van der Waals surface area (Å²) in [7, 11) is 0. The predicted molar refractivity (Wildman–Crippen MR) is 94.0 cm³/mol. The Hall–Kier alpha value is -2.90.